The van der Waals surface area contributed by atoms with Crippen LogP contribution in [0.25, 0.3) is 0 Å². The number of benzene rings is 1. The summed E-state index contributed by atoms with van der Waals surface area (Å²) in [7, 11) is 0. The fourth-order valence-electron chi connectivity index (χ4n) is 2.96. The molecule has 2 N–H and O–H groups in total. The summed E-state index contributed by atoms with van der Waals surface area (Å²) in [6.45, 7) is 6.66. The predicted octanol–water partition coefficient (Wildman–Crippen LogP) is 3.45. The number of ketones is 2. The minimum absolute atomic E-state index is 0.0976. The summed E-state index contributed by atoms with van der Waals surface area (Å²) in [5.74, 6) is -0.338. The number of Topliss-reactive ketones (excluding diaryl/α,β-unsaturated/α-hetero) is 2. The smallest absolute Gasteiger partial charge is 0.185 e. The first-order valence-corrected chi connectivity index (χ1v) is 8.56. The average Bonchev–Trinajstić information content (AvgIpc) is 2.57. The van der Waals surface area contributed by atoms with Crippen molar-refractivity contribution in [2.24, 2.45) is 0 Å². The van der Waals surface area contributed by atoms with Crippen LogP contribution in [0, 0.1) is 0 Å². The summed E-state index contributed by atoms with van der Waals surface area (Å²) in [4.78, 5) is 25.4. The Balaban J connectivity index is 2.37. The first-order chi connectivity index (χ1) is 11.6. The van der Waals surface area contributed by atoms with Crippen molar-refractivity contribution in [3.05, 3.63) is 58.2 Å². The molecule has 0 bridgehead atoms. The lowest BCUT2D eigenvalue weighted by molar-refractivity contribution is -0.117. The summed E-state index contributed by atoms with van der Waals surface area (Å²) in [5.41, 5.74) is 1.46. The molecular formula is C21H26O4. The van der Waals surface area contributed by atoms with Crippen molar-refractivity contribution in [1.82, 2.24) is 0 Å². The number of hydrogen-bond acceptors (Lipinski definition) is 4. The highest BCUT2D eigenvalue weighted by Crippen LogP contribution is 2.33. The van der Waals surface area contributed by atoms with Crippen molar-refractivity contribution in [1.29, 1.82) is 0 Å². The number of rotatable bonds is 6. The van der Waals surface area contributed by atoms with Gasteiger partial charge < -0.3 is 10.2 Å². The van der Waals surface area contributed by atoms with Crippen LogP contribution in [0.5, 0.6) is 0 Å². The fraction of sp³-hybridized carbons (Fsp3) is 0.429. The standard InChI is InChI=1S/C21H26O4/c1-13-14(2)20(24)17(12-18(22)15-8-6-5-7-9-15)16(19(13)23)10-11-21(3,4)25/h5-9,18,22,25H,10-12H2,1-4H3. The normalized spacial score (nSPS) is 17.4. The van der Waals surface area contributed by atoms with Gasteiger partial charge in [-0.25, -0.2) is 0 Å². The van der Waals surface area contributed by atoms with Gasteiger partial charge in [-0.3, -0.25) is 9.59 Å². The Morgan fingerprint density at radius 2 is 1.48 bits per heavy atom. The van der Waals surface area contributed by atoms with Gasteiger partial charge in [-0.05, 0) is 46.1 Å². The highest BCUT2D eigenvalue weighted by molar-refractivity contribution is 6.24. The van der Waals surface area contributed by atoms with Gasteiger partial charge in [-0.15, -0.1) is 0 Å². The van der Waals surface area contributed by atoms with Gasteiger partial charge in [-0.2, -0.15) is 0 Å². The van der Waals surface area contributed by atoms with Crippen molar-refractivity contribution in [2.45, 2.75) is 58.7 Å². The molecular weight excluding hydrogens is 316 g/mol. The van der Waals surface area contributed by atoms with E-state index in [0.29, 0.717) is 40.7 Å². The summed E-state index contributed by atoms with van der Waals surface area (Å²) in [6, 6.07) is 9.10. The van der Waals surface area contributed by atoms with E-state index >= 15 is 0 Å². The summed E-state index contributed by atoms with van der Waals surface area (Å²) in [6.07, 6.45) is -0.0644. The number of carbonyl (C=O) groups is 2. The van der Waals surface area contributed by atoms with E-state index in [2.05, 4.69) is 0 Å². The molecule has 2 rings (SSSR count). The van der Waals surface area contributed by atoms with Crippen molar-refractivity contribution >= 4 is 11.6 Å². The molecule has 1 unspecified atom stereocenters. The van der Waals surface area contributed by atoms with Crippen LogP contribution in [0.4, 0.5) is 0 Å². The minimum Gasteiger partial charge on any atom is -0.390 e. The van der Waals surface area contributed by atoms with Crippen LogP contribution in [0.1, 0.15) is 58.6 Å². The second kappa shape index (κ2) is 7.46. The molecule has 1 atom stereocenters. The molecule has 0 amide bonds. The number of carbonyl (C=O) groups excluding carboxylic acids is 2. The average molecular weight is 342 g/mol. The Labute approximate surface area is 148 Å². The summed E-state index contributed by atoms with van der Waals surface area (Å²) < 4.78 is 0. The van der Waals surface area contributed by atoms with Crippen molar-refractivity contribution in [3.8, 4) is 0 Å². The quantitative estimate of drug-likeness (QED) is 0.777. The Morgan fingerprint density at radius 1 is 0.960 bits per heavy atom. The third-order valence-electron chi connectivity index (χ3n) is 4.72. The molecule has 1 aromatic rings. The van der Waals surface area contributed by atoms with E-state index in [-0.39, 0.29) is 18.0 Å². The van der Waals surface area contributed by atoms with Crippen LogP contribution in [-0.4, -0.2) is 27.4 Å². The maximum Gasteiger partial charge on any atom is 0.185 e. The molecule has 0 aromatic heterocycles. The van der Waals surface area contributed by atoms with Crippen LogP contribution in [-0.2, 0) is 9.59 Å². The number of hydrogen-bond donors (Lipinski definition) is 2. The third-order valence-corrected chi connectivity index (χ3v) is 4.72. The molecule has 134 valence electrons. The fourth-order valence-corrected chi connectivity index (χ4v) is 2.96. The lowest BCUT2D eigenvalue weighted by Crippen LogP contribution is -2.26. The number of aliphatic hydroxyl groups is 2. The van der Waals surface area contributed by atoms with Gasteiger partial charge in [0.25, 0.3) is 0 Å². The third kappa shape index (κ3) is 4.53. The van der Waals surface area contributed by atoms with Crippen LogP contribution in [0.2, 0.25) is 0 Å². The zero-order valence-corrected chi connectivity index (χ0v) is 15.3. The molecule has 0 fully saturated rings. The molecule has 0 aliphatic heterocycles. The van der Waals surface area contributed by atoms with E-state index in [9.17, 15) is 19.8 Å². The van der Waals surface area contributed by atoms with E-state index in [1.807, 2.05) is 18.2 Å². The first-order valence-electron chi connectivity index (χ1n) is 8.56. The highest BCUT2D eigenvalue weighted by atomic mass is 16.3. The number of aliphatic hydroxyl groups excluding tert-OH is 1. The van der Waals surface area contributed by atoms with Crippen LogP contribution >= 0.6 is 0 Å². The molecule has 0 heterocycles. The molecule has 4 heteroatoms. The van der Waals surface area contributed by atoms with E-state index in [1.165, 1.54) is 0 Å². The van der Waals surface area contributed by atoms with E-state index in [1.54, 1.807) is 39.8 Å². The van der Waals surface area contributed by atoms with Crippen LogP contribution in [0.15, 0.2) is 52.6 Å². The summed E-state index contributed by atoms with van der Waals surface area (Å²) >= 11 is 0. The van der Waals surface area contributed by atoms with Crippen molar-refractivity contribution in [3.63, 3.8) is 0 Å². The lowest BCUT2D eigenvalue weighted by Gasteiger charge is -2.25. The maximum absolute atomic E-state index is 12.7. The van der Waals surface area contributed by atoms with Crippen molar-refractivity contribution in [2.75, 3.05) is 0 Å². The van der Waals surface area contributed by atoms with Gasteiger partial charge in [0.05, 0.1) is 11.7 Å². The summed E-state index contributed by atoms with van der Waals surface area (Å²) in [5, 5.41) is 20.5. The monoisotopic (exact) mass is 342 g/mol. The second-order valence-electron chi connectivity index (χ2n) is 7.31. The maximum atomic E-state index is 12.7. The lowest BCUT2D eigenvalue weighted by atomic mass is 9.79. The number of allylic oxidation sites excluding steroid dienone is 3. The molecule has 0 saturated heterocycles. The second-order valence-corrected chi connectivity index (χ2v) is 7.31. The highest BCUT2D eigenvalue weighted by Gasteiger charge is 2.32. The molecule has 25 heavy (non-hydrogen) atoms. The molecule has 0 saturated carbocycles. The Hall–Kier alpha value is -2.04. The van der Waals surface area contributed by atoms with Crippen LogP contribution in [0.3, 0.4) is 0 Å². The van der Waals surface area contributed by atoms with Gasteiger partial charge in [0.2, 0.25) is 0 Å². The van der Waals surface area contributed by atoms with Gasteiger partial charge in [0, 0.05) is 28.7 Å². The largest absolute Gasteiger partial charge is 0.390 e. The van der Waals surface area contributed by atoms with Gasteiger partial charge in [0.1, 0.15) is 0 Å². The SMILES string of the molecule is CC1=C(C)C(=O)C(CC(O)c2ccccc2)=C(CCC(C)(C)O)C1=O. The predicted molar refractivity (Wildman–Crippen MR) is 97.0 cm³/mol. The minimum atomic E-state index is -0.927. The Kier molecular flexibility index (Phi) is 5.76. The molecule has 1 aromatic carbocycles. The molecule has 1 aliphatic rings. The van der Waals surface area contributed by atoms with Crippen molar-refractivity contribution < 1.29 is 19.8 Å². The zero-order valence-electron chi connectivity index (χ0n) is 15.3. The Bertz CT molecular complexity index is 733. The molecule has 0 spiro atoms. The van der Waals surface area contributed by atoms with Gasteiger partial charge in [-0.1, -0.05) is 30.3 Å². The van der Waals surface area contributed by atoms with Gasteiger partial charge >= 0.3 is 0 Å². The molecule has 1 aliphatic carbocycles. The molecule has 4 nitrogen and oxygen atoms in total. The first kappa shape index (κ1) is 19.3. The van der Waals surface area contributed by atoms with E-state index < -0.39 is 11.7 Å². The van der Waals surface area contributed by atoms with E-state index in [0.717, 1.165) is 0 Å². The van der Waals surface area contributed by atoms with Gasteiger partial charge in [0.15, 0.2) is 11.6 Å². The van der Waals surface area contributed by atoms with E-state index in [4.69, 9.17) is 0 Å². The topological polar surface area (TPSA) is 74.6 Å². The zero-order chi connectivity index (χ0) is 18.8. The Morgan fingerprint density at radius 3 is 2.00 bits per heavy atom. The molecule has 0 radical (unpaired) electrons. The van der Waals surface area contributed by atoms with Crippen LogP contribution < -0.4 is 0 Å².